The van der Waals surface area contributed by atoms with Crippen molar-refractivity contribution in [3.8, 4) is 5.69 Å². The standard InChI is InChI=1S/C16H18ClF3N4O4S2/c1-3-30(27,28)7-6-21-15-14(29(2)26)12(9-22-25)23-24(15)13-5-4-10(8-11(13)17)16(18,19)20/h4-5,8-9,21,25H,3,6-7H2,1-2H3. The summed E-state index contributed by atoms with van der Waals surface area (Å²) in [7, 11) is -3.32. The van der Waals surface area contributed by atoms with E-state index < -0.39 is 32.8 Å². The van der Waals surface area contributed by atoms with E-state index in [1.54, 1.807) is 0 Å². The Bertz CT molecular complexity index is 1040. The highest BCUT2D eigenvalue weighted by atomic mass is 35.5. The Morgan fingerprint density at radius 1 is 1.43 bits per heavy atom. The van der Waals surface area contributed by atoms with Crippen LogP contribution in [0.4, 0.5) is 19.0 Å². The quantitative estimate of drug-likeness (QED) is 0.256. The maximum Gasteiger partial charge on any atom is 0.416 e. The van der Waals surface area contributed by atoms with E-state index >= 15 is 0 Å². The third-order valence-electron chi connectivity index (χ3n) is 3.98. The Hall–Kier alpha value is -1.96. The second kappa shape index (κ2) is 9.45. The predicted molar refractivity (Wildman–Crippen MR) is 108 cm³/mol. The molecule has 0 radical (unpaired) electrons. The molecular weight excluding hydrogens is 469 g/mol. The molecule has 0 spiro atoms. The molecule has 0 saturated heterocycles. The summed E-state index contributed by atoms with van der Waals surface area (Å²) < 4.78 is 75.7. The Morgan fingerprint density at radius 2 is 2.10 bits per heavy atom. The summed E-state index contributed by atoms with van der Waals surface area (Å²) in [5.41, 5.74) is -0.978. The summed E-state index contributed by atoms with van der Waals surface area (Å²) in [6.07, 6.45) is -2.38. The van der Waals surface area contributed by atoms with Crippen molar-refractivity contribution in [3.05, 3.63) is 34.5 Å². The number of alkyl halides is 3. The number of aromatic nitrogens is 2. The van der Waals surface area contributed by atoms with Crippen LogP contribution in [0.25, 0.3) is 5.69 Å². The van der Waals surface area contributed by atoms with Crippen molar-refractivity contribution in [2.24, 2.45) is 5.16 Å². The van der Waals surface area contributed by atoms with Crippen molar-refractivity contribution in [1.29, 1.82) is 0 Å². The lowest BCUT2D eigenvalue weighted by molar-refractivity contribution is -0.137. The van der Waals surface area contributed by atoms with Crippen LogP contribution in [0.5, 0.6) is 0 Å². The molecule has 0 fully saturated rings. The zero-order valence-corrected chi connectivity index (χ0v) is 18.2. The molecule has 2 N–H and O–H groups in total. The minimum Gasteiger partial charge on any atom is -0.611 e. The zero-order valence-electron chi connectivity index (χ0n) is 15.8. The molecular formula is C16H18ClF3N4O4S2. The molecule has 0 aliphatic rings. The van der Waals surface area contributed by atoms with Gasteiger partial charge < -0.3 is 15.1 Å². The van der Waals surface area contributed by atoms with Gasteiger partial charge in [-0.15, -0.1) is 0 Å². The molecule has 14 heteroatoms. The summed E-state index contributed by atoms with van der Waals surface area (Å²) in [4.78, 5) is 0.0673. The van der Waals surface area contributed by atoms with Gasteiger partial charge in [0.15, 0.2) is 21.3 Å². The van der Waals surface area contributed by atoms with Crippen molar-refractivity contribution >= 4 is 44.6 Å². The van der Waals surface area contributed by atoms with Crippen LogP contribution in [0.1, 0.15) is 18.2 Å². The molecule has 1 heterocycles. The molecule has 1 atom stereocenters. The van der Waals surface area contributed by atoms with E-state index in [1.165, 1.54) is 13.2 Å². The Morgan fingerprint density at radius 3 is 2.60 bits per heavy atom. The monoisotopic (exact) mass is 486 g/mol. The molecule has 30 heavy (non-hydrogen) atoms. The first-order chi connectivity index (χ1) is 13.9. The minimum absolute atomic E-state index is 0.0230. The van der Waals surface area contributed by atoms with E-state index in [-0.39, 0.29) is 45.2 Å². The van der Waals surface area contributed by atoms with E-state index in [4.69, 9.17) is 16.8 Å². The first-order valence-electron chi connectivity index (χ1n) is 8.36. The fourth-order valence-corrected chi connectivity index (χ4v) is 4.28. The van der Waals surface area contributed by atoms with E-state index in [2.05, 4.69) is 15.6 Å². The number of nitrogens with zero attached hydrogens (tertiary/aromatic N) is 3. The van der Waals surface area contributed by atoms with Crippen molar-refractivity contribution in [2.75, 3.05) is 29.6 Å². The molecule has 0 aliphatic carbocycles. The lowest BCUT2D eigenvalue weighted by Gasteiger charge is -2.14. The fourth-order valence-electron chi connectivity index (χ4n) is 2.50. The number of oxime groups is 1. The number of hydrogen-bond donors (Lipinski definition) is 2. The normalized spacial score (nSPS) is 13.7. The molecule has 0 saturated carbocycles. The summed E-state index contributed by atoms with van der Waals surface area (Å²) >= 11 is 4.37. The van der Waals surface area contributed by atoms with Gasteiger partial charge in [-0.2, -0.15) is 18.3 Å². The molecule has 166 valence electrons. The van der Waals surface area contributed by atoms with Crippen LogP contribution in [0.3, 0.4) is 0 Å². The van der Waals surface area contributed by atoms with Crippen LogP contribution < -0.4 is 5.32 Å². The average Bonchev–Trinajstić information content (AvgIpc) is 2.99. The molecule has 1 aromatic carbocycles. The highest BCUT2D eigenvalue weighted by molar-refractivity contribution is 7.91. The van der Waals surface area contributed by atoms with Crippen LogP contribution >= 0.6 is 11.6 Å². The molecule has 2 rings (SSSR count). The average molecular weight is 487 g/mol. The maximum atomic E-state index is 12.9. The highest BCUT2D eigenvalue weighted by Crippen LogP contribution is 2.35. The van der Waals surface area contributed by atoms with Crippen LogP contribution in [0.2, 0.25) is 5.02 Å². The highest BCUT2D eigenvalue weighted by Gasteiger charge is 2.32. The van der Waals surface area contributed by atoms with Gasteiger partial charge in [-0.25, -0.2) is 13.1 Å². The van der Waals surface area contributed by atoms with Gasteiger partial charge in [0, 0.05) is 12.3 Å². The van der Waals surface area contributed by atoms with Gasteiger partial charge in [-0.1, -0.05) is 23.7 Å². The molecule has 0 bridgehead atoms. The van der Waals surface area contributed by atoms with Gasteiger partial charge in [-0.3, -0.25) is 0 Å². The largest absolute Gasteiger partial charge is 0.611 e. The number of rotatable bonds is 8. The third kappa shape index (κ3) is 5.59. The van der Waals surface area contributed by atoms with Crippen molar-refractivity contribution < 1.29 is 31.3 Å². The van der Waals surface area contributed by atoms with Gasteiger partial charge >= 0.3 is 6.18 Å². The van der Waals surface area contributed by atoms with Gasteiger partial charge in [0.05, 0.1) is 28.2 Å². The maximum absolute atomic E-state index is 12.9. The first kappa shape index (κ1) is 24.3. The smallest absolute Gasteiger partial charge is 0.416 e. The molecule has 8 nitrogen and oxygen atoms in total. The molecule has 1 aromatic heterocycles. The summed E-state index contributed by atoms with van der Waals surface area (Å²) in [6, 6.07) is 2.59. The minimum atomic E-state index is -4.60. The Kier molecular flexibility index (Phi) is 7.66. The Labute approximate surface area is 178 Å². The second-order valence-electron chi connectivity index (χ2n) is 6.00. The fraction of sp³-hybridized carbons (Fsp3) is 0.375. The van der Waals surface area contributed by atoms with Crippen LogP contribution in [0, 0.1) is 0 Å². The lowest BCUT2D eigenvalue weighted by Crippen LogP contribution is -2.19. The van der Waals surface area contributed by atoms with Gasteiger partial charge in [0.1, 0.15) is 6.26 Å². The van der Waals surface area contributed by atoms with Crippen molar-refractivity contribution in [3.63, 3.8) is 0 Å². The topological polar surface area (TPSA) is 120 Å². The first-order valence-corrected chi connectivity index (χ1v) is 12.1. The summed E-state index contributed by atoms with van der Waals surface area (Å²) in [6.45, 7) is 1.41. The van der Waals surface area contributed by atoms with Gasteiger partial charge in [0.25, 0.3) is 0 Å². The van der Waals surface area contributed by atoms with E-state index in [0.29, 0.717) is 6.07 Å². The number of anilines is 1. The van der Waals surface area contributed by atoms with Crippen LogP contribution in [-0.2, 0) is 27.2 Å². The SMILES string of the molecule is CCS(=O)(=O)CCNc1c([S+](C)[O-])c(C=NO)nn1-c1ccc(C(F)(F)F)cc1Cl. The summed E-state index contributed by atoms with van der Waals surface area (Å²) in [5.74, 6) is -0.263. The molecule has 0 aliphatic heterocycles. The second-order valence-corrected chi connectivity index (χ2v) is 10.2. The number of sulfone groups is 1. The Balaban J connectivity index is 2.59. The zero-order chi connectivity index (χ0) is 22.7. The van der Waals surface area contributed by atoms with Crippen molar-refractivity contribution in [1.82, 2.24) is 9.78 Å². The lowest BCUT2D eigenvalue weighted by atomic mass is 10.2. The summed E-state index contributed by atoms with van der Waals surface area (Å²) in [5, 5.41) is 18.3. The van der Waals surface area contributed by atoms with E-state index in [9.17, 15) is 26.1 Å². The third-order valence-corrected chi connectivity index (χ3v) is 6.97. The number of hydrogen-bond acceptors (Lipinski definition) is 7. The van der Waals surface area contributed by atoms with E-state index in [1.807, 2.05) is 0 Å². The van der Waals surface area contributed by atoms with Gasteiger partial charge in [-0.05, 0) is 29.4 Å². The predicted octanol–water partition coefficient (Wildman–Crippen LogP) is 2.94. The number of benzene rings is 1. The molecule has 1 unspecified atom stereocenters. The van der Waals surface area contributed by atoms with E-state index in [0.717, 1.165) is 23.0 Å². The molecule has 2 aromatic rings. The van der Waals surface area contributed by atoms with Crippen LogP contribution in [-0.4, -0.2) is 58.5 Å². The number of halogens is 4. The molecule has 0 amide bonds. The van der Waals surface area contributed by atoms with Crippen molar-refractivity contribution in [2.45, 2.75) is 18.0 Å². The van der Waals surface area contributed by atoms with Crippen LogP contribution in [0.15, 0.2) is 28.3 Å². The number of nitrogens with one attached hydrogen (secondary N) is 1. The van der Waals surface area contributed by atoms with Gasteiger partial charge in [0.2, 0.25) is 4.90 Å².